The number of anilines is 1. The Morgan fingerprint density at radius 1 is 1.14 bits per heavy atom. The second kappa shape index (κ2) is 9.52. The zero-order chi connectivity index (χ0) is 25.6. The number of hydrogen-bond donors (Lipinski definition) is 2. The Bertz CT molecular complexity index is 1490. The van der Waals surface area contributed by atoms with Gasteiger partial charge in [-0.05, 0) is 93.7 Å². The number of nitrogens with zero attached hydrogens (tertiary/aromatic N) is 3. The Kier molecular flexibility index (Phi) is 6.55. The van der Waals surface area contributed by atoms with Crippen molar-refractivity contribution in [3.63, 3.8) is 0 Å². The lowest BCUT2D eigenvalue weighted by Gasteiger charge is -2.38. The lowest BCUT2D eigenvalue weighted by atomic mass is 9.89. The van der Waals surface area contributed by atoms with E-state index < -0.39 is 16.1 Å². The van der Waals surface area contributed by atoms with Gasteiger partial charge in [0.15, 0.2) is 0 Å². The molecule has 0 radical (unpaired) electrons. The maximum absolute atomic E-state index is 13.6. The van der Waals surface area contributed by atoms with Crippen LogP contribution >= 0.6 is 11.6 Å². The zero-order valence-electron chi connectivity index (χ0n) is 20.2. The van der Waals surface area contributed by atoms with Crippen molar-refractivity contribution in [2.75, 3.05) is 32.0 Å². The van der Waals surface area contributed by atoms with Crippen molar-refractivity contribution in [2.45, 2.75) is 43.0 Å². The predicted molar refractivity (Wildman–Crippen MR) is 140 cm³/mol. The van der Waals surface area contributed by atoms with E-state index >= 15 is 0 Å². The van der Waals surface area contributed by atoms with E-state index in [1.807, 2.05) is 24.3 Å². The molecule has 0 aliphatic carbocycles. The van der Waals surface area contributed by atoms with E-state index in [2.05, 4.69) is 22.2 Å². The van der Waals surface area contributed by atoms with Crippen molar-refractivity contribution in [3.05, 3.63) is 58.2 Å². The van der Waals surface area contributed by atoms with Gasteiger partial charge in [0.05, 0.1) is 5.52 Å². The summed E-state index contributed by atoms with van der Waals surface area (Å²) in [5, 5.41) is 13.3. The van der Waals surface area contributed by atoms with Crippen LogP contribution in [0.15, 0.2) is 41.3 Å². The highest BCUT2D eigenvalue weighted by atomic mass is 35.5. The lowest BCUT2D eigenvalue weighted by molar-refractivity contribution is -0.122. The third-order valence-corrected chi connectivity index (χ3v) is 9.50. The topological polar surface area (TPSA) is 109 Å². The number of rotatable bonds is 5. The van der Waals surface area contributed by atoms with Crippen LogP contribution in [-0.2, 0) is 14.8 Å². The van der Waals surface area contributed by atoms with E-state index in [0.29, 0.717) is 34.0 Å². The summed E-state index contributed by atoms with van der Waals surface area (Å²) in [5.74, 6) is 0.00690. The van der Waals surface area contributed by atoms with Gasteiger partial charge in [-0.1, -0.05) is 17.7 Å². The number of nitriles is 1. The van der Waals surface area contributed by atoms with Crippen molar-refractivity contribution in [1.29, 1.82) is 5.26 Å². The zero-order valence-corrected chi connectivity index (χ0v) is 21.8. The number of aromatic amines is 1. The maximum Gasteiger partial charge on any atom is 0.245 e. The molecule has 1 atom stereocenters. The number of sulfonamides is 1. The van der Waals surface area contributed by atoms with Crippen LogP contribution in [0.5, 0.6) is 0 Å². The minimum absolute atomic E-state index is 0.0713. The number of halogens is 1. The summed E-state index contributed by atoms with van der Waals surface area (Å²) in [5.41, 5.74) is 3.05. The Balaban J connectivity index is 1.34. The molecule has 8 nitrogen and oxygen atoms in total. The van der Waals surface area contributed by atoms with Gasteiger partial charge in [-0.3, -0.25) is 4.79 Å². The Labute approximate surface area is 215 Å². The number of likely N-dealkylation sites (tertiary alicyclic amines) is 1. The van der Waals surface area contributed by atoms with Gasteiger partial charge in [0.1, 0.15) is 22.7 Å². The van der Waals surface area contributed by atoms with Gasteiger partial charge < -0.3 is 15.2 Å². The molecule has 188 valence electrons. The van der Waals surface area contributed by atoms with Gasteiger partial charge in [-0.2, -0.15) is 9.57 Å². The van der Waals surface area contributed by atoms with E-state index in [4.69, 9.17) is 11.6 Å². The predicted octanol–water partition coefficient (Wildman–Crippen LogP) is 4.21. The number of carbonyl (C=O) groups is 1. The van der Waals surface area contributed by atoms with Gasteiger partial charge >= 0.3 is 0 Å². The van der Waals surface area contributed by atoms with Crippen molar-refractivity contribution < 1.29 is 13.2 Å². The largest absolute Gasteiger partial charge is 0.345 e. The second-order valence-electron chi connectivity index (χ2n) is 9.75. The van der Waals surface area contributed by atoms with E-state index in [1.165, 1.54) is 4.31 Å². The molecule has 0 bridgehead atoms. The first-order chi connectivity index (χ1) is 17.2. The van der Waals surface area contributed by atoms with Crippen LogP contribution in [0, 0.1) is 18.3 Å². The van der Waals surface area contributed by atoms with E-state index in [-0.39, 0.29) is 23.0 Å². The third-order valence-electron chi connectivity index (χ3n) is 7.24. The summed E-state index contributed by atoms with van der Waals surface area (Å²) in [7, 11) is -1.85. The van der Waals surface area contributed by atoms with Crippen LogP contribution in [0.25, 0.3) is 10.9 Å². The fourth-order valence-corrected chi connectivity index (χ4v) is 7.37. The molecule has 10 heteroatoms. The normalized spacial score (nSPS) is 19.7. The first kappa shape index (κ1) is 24.8. The molecular formula is C26H28ClN5O3S. The molecule has 3 heterocycles. The summed E-state index contributed by atoms with van der Waals surface area (Å²) in [6, 6.07) is 11.8. The number of piperidine rings is 1. The molecular weight excluding hydrogens is 498 g/mol. The van der Waals surface area contributed by atoms with Crippen LogP contribution in [0.2, 0.25) is 5.02 Å². The molecule has 1 aromatic heterocycles. The fraction of sp³-hybridized carbons (Fsp3) is 0.385. The maximum atomic E-state index is 13.6. The van der Waals surface area contributed by atoms with Crippen molar-refractivity contribution >= 4 is 44.1 Å². The number of aryl methyl sites for hydroxylation is 1. The Hall–Kier alpha value is -2.90. The highest BCUT2D eigenvalue weighted by molar-refractivity contribution is 7.89. The summed E-state index contributed by atoms with van der Waals surface area (Å²) in [6.45, 7) is 4.10. The summed E-state index contributed by atoms with van der Waals surface area (Å²) < 4.78 is 28.3. The number of fused-ring (bicyclic) bond motifs is 1. The van der Waals surface area contributed by atoms with Crippen LogP contribution in [-0.4, -0.2) is 61.2 Å². The molecule has 5 rings (SSSR count). The average Bonchev–Trinajstić information content (AvgIpc) is 3.21. The molecule has 2 fully saturated rings. The number of nitrogens with one attached hydrogen (secondary N) is 2. The van der Waals surface area contributed by atoms with Crippen LogP contribution < -0.4 is 5.32 Å². The van der Waals surface area contributed by atoms with Gasteiger partial charge in [-0.15, -0.1) is 0 Å². The molecule has 36 heavy (non-hydrogen) atoms. The molecule has 3 aromatic rings. The Morgan fingerprint density at radius 3 is 2.53 bits per heavy atom. The minimum Gasteiger partial charge on any atom is -0.345 e. The van der Waals surface area contributed by atoms with E-state index in [1.54, 1.807) is 25.1 Å². The fourth-order valence-electron chi connectivity index (χ4n) is 5.14. The highest BCUT2D eigenvalue weighted by Gasteiger charge is 2.43. The van der Waals surface area contributed by atoms with Gasteiger partial charge in [0.2, 0.25) is 15.9 Å². The molecule has 2 aliphatic rings. The Morgan fingerprint density at radius 2 is 1.89 bits per heavy atom. The summed E-state index contributed by atoms with van der Waals surface area (Å²) in [4.78, 5) is 18.3. The van der Waals surface area contributed by atoms with Gasteiger partial charge in [-0.25, -0.2) is 8.42 Å². The van der Waals surface area contributed by atoms with Gasteiger partial charge in [0, 0.05) is 22.6 Å². The summed E-state index contributed by atoms with van der Waals surface area (Å²) >= 11 is 6.58. The number of aromatic nitrogens is 1. The van der Waals surface area contributed by atoms with E-state index in [0.717, 1.165) is 37.1 Å². The van der Waals surface area contributed by atoms with Crippen LogP contribution in [0.4, 0.5) is 5.69 Å². The third kappa shape index (κ3) is 4.50. The number of carbonyl (C=O) groups excluding carboxylic acids is 1. The molecule has 0 spiro atoms. The average molecular weight is 526 g/mol. The van der Waals surface area contributed by atoms with E-state index in [9.17, 15) is 18.5 Å². The first-order valence-corrected chi connectivity index (χ1v) is 13.8. The molecule has 2 aliphatic heterocycles. The van der Waals surface area contributed by atoms with Crippen LogP contribution in [0.3, 0.4) is 0 Å². The van der Waals surface area contributed by atoms with Crippen LogP contribution in [0.1, 0.15) is 42.0 Å². The monoisotopic (exact) mass is 525 g/mol. The molecule has 2 aromatic carbocycles. The molecule has 2 saturated heterocycles. The second-order valence-corrected chi connectivity index (χ2v) is 12.0. The molecule has 1 amide bonds. The van der Waals surface area contributed by atoms with Crippen molar-refractivity contribution in [3.8, 4) is 6.07 Å². The number of benzene rings is 2. The first-order valence-electron chi connectivity index (χ1n) is 12.0. The molecule has 0 saturated carbocycles. The SMILES string of the molecule is Cc1cc(S(=O)(=O)N2CC[C@H]2C(=O)Nc2ccc(C3CCN(C)CC3)c(Cl)c2)c2[nH]c(C#N)cc2c1. The number of H-pyrrole nitrogens is 1. The standard InChI is InChI=1S/C26H28ClN5O3S/c1-16-11-18-13-20(15-28)29-25(18)24(12-16)36(34,35)32-10-7-23(32)26(33)30-19-3-4-21(22(27)14-19)17-5-8-31(2)9-6-17/h3-4,11-14,17,23,29H,5-10H2,1-2H3,(H,30,33)/t23-/m0/s1. The molecule has 2 N–H and O–H groups in total. The quantitative estimate of drug-likeness (QED) is 0.518. The smallest absolute Gasteiger partial charge is 0.245 e. The lowest BCUT2D eigenvalue weighted by Crippen LogP contribution is -2.56. The minimum atomic E-state index is -3.96. The number of amides is 1. The molecule has 0 unspecified atom stereocenters. The summed E-state index contributed by atoms with van der Waals surface area (Å²) in [6.07, 6.45) is 2.51. The highest BCUT2D eigenvalue weighted by Crippen LogP contribution is 2.35. The van der Waals surface area contributed by atoms with Crippen molar-refractivity contribution in [1.82, 2.24) is 14.2 Å². The van der Waals surface area contributed by atoms with Crippen molar-refractivity contribution in [2.24, 2.45) is 0 Å². The number of hydrogen-bond acceptors (Lipinski definition) is 5. The van der Waals surface area contributed by atoms with Gasteiger partial charge in [0.25, 0.3) is 0 Å².